The topological polar surface area (TPSA) is 137 Å². The lowest BCUT2D eigenvalue weighted by Crippen LogP contribution is -2.41. The molecule has 0 bridgehead atoms. The maximum absolute atomic E-state index is 11.5. The molecule has 4 N–H and O–H groups in total. The van der Waals surface area contributed by atoms with E-state index in [4.69, 9.17) is 20.2 Å². The zero-order chi connectivity index (χ0) is 24.1. The van der Waals surface area contributed by atoms with Crippen molar-refractivity contribution >= 4 is 46.6 Å². The second-order valence-corrected chi connectivity index (χ2v) is 10.1. The van der Waals surface area contributed by atoms with Crippen LogP contribution in [-0.4, -0.2) is 62.5 Å². The van der Waals surface area contributed by atoms with E-state index in [0.29, 0.717) is 52.5 Å². The molecule has 1 unspecified atom stereocenters. The van der Waals surface area contributed by atoms with Gasteiger partial charge in [-0.15, -0.1) is 0 Å². The van der Waals surface area contributed by atoms with Crippen LogP contribution in [0.1, 0.15) is 19.3 Å². The van der Waals surface area contributed by atoms with Crippen LogP contribution in [0.3, 0.4) is 0 Å². The van der Waals surface area contributed by atoms with Crippen molar-refractivity contribution in [1.82, 2.24) is 24.8 Å². The van der Waals surface area contributed by atoms with Gasteiger partial charge in [0, 0.05) is 12.6 Å². The lowest BCUT2D eigenvalue weighted by atomic mass is 9.91. The minimum atomic E-state index is -0.999. The molecule has 10 nitrogen and oxygen atoms in total. The highest BCUT2D eigenvalue weighted by Gasteiger charge is 2.26. The van der Waals surface area contributed by atoms with Gasteiger partial charge in [0.1, 0.15) is 17.8 Å². The number of nitrogens with zero attached hydrogens (tertiary/aromatic N) is 4. The van der Waals surface area contributed by atoms with Crippen molar-refractivity contribution in [3.63, 3.8) is 0 Å². The Labute approximate surface area is 206 Å². The largest absolute Gasteiger partial charge is 0.497 e. The average molecular weight is 505 g/mol. The van der Waals surface area contributed by atoms with E-state index in [0.717, 1.165) is 29.2 Å². The van der Waals surface area contributed by atoms with Crippen LogP contribution < -0.4 is 20.5 Å². The van der Waals surface area contributed by atoms with E-state index in [1.54, 1.807) is 14.2 Å². The molecule has 12 heteroatoms. The first-order valence-electron chi connectivity index (χ1n) is 10.9. The molecule has 1 aliphatic heterocycles. The number of imidazole rings is 1. The Balaban J connectivity index is 1.67. The molecule has 1 aromatic carbocycles. The third-order valence-corrected chi connectivity index (χ3v) is 7.99. The molecule has 0 aliphatic carbocycles. The summed E-state index contributed by atoms with van der Waals surface area (Å²) in [4.78, 5) is 25.6. The van der Waals surface area contributed by atoms with Crippen LogP contribution in [0.5, 0.6) is 11.5 Å². The number of hydrogen-bond donors (Lipinski definition) is 3. The van der Waals surface area contributed by atoms with Gasteiger partial charge in [-0.25, -0.2) is 19.7 Å². The molecule has 182 valence electrons. The Kier molecular flexibility index (Phi) is 7.88. The average Bonchev–Trinajstić information content (AvgIpc) is 3.20. The molecule has 0 spiro atoms. The van der Waals surface area contributed by atoms with Crippen LogP contribution in [0.25, 0.3) is 11.2 Å². The fourth-order valence-electron chi connectivity index (χ4n) is 4.15. The van der Waals surface area contributed by atoms with Gasteiger partial charge in [-0.3, -0.25) is 0 Å². The number of fused-ring (bicyclic) bond motifs is 1. The summed E-state index contributed by atoms with van der Waals surface area (Å²) in [6, 6.07) is 5.41. The Morgan fingerprint density at radius 2 is 2.12 bits per heavy atom. The smallest absolute Gasteiger partial charge is 0.404 e. The second-order valence-electron chi connectivity index (χ2n) is 7.89. The monoisotopic (exact) mass is 504 g/mol. The fraction of sp³-hybridized carbons (Fsp3) is 0.455. The van der Waals surface area contributed by atoms with E-state index >= 15 is 0 Å². The summed E-state index contributed by atoms with van der Waals surface area (Å²) in [5.74, 6) is 4.10. The highest BCUT2D eigenvalue weighted by atomic mass is 32.2. The van der Waals surface area contributed by atoms with Crippen molar-refractivity contribution < 1.29 is 19.4 Å². The molecule has 0 saturated carbocycles. The molecule has 1 amide bonds. The Morgan fingerprint density at radius 1 is 1.32 bits per heavy atom. The number of nitrogen functional groups attached to an aromatic ring is 1. The first kappa shape index (κ1) is 24.3. The Bertz CT molecular complexity index is 1150. The van der Waals surface area contributed by atoms with Gasteiger partial charge in [0.2, 0.25) is 0 Å². The van der Waals surface area contributed by atoms with Crippen LogP contribution in [-0.2, 0) is 6.54 Å². The van der Waals surface area contributed by atoms with Crippen molar-refractivity contribution in [1.29, 1.82) is 0 Å². The third-order valence-electron chi connectivity index (χ3n) is 5.90. The molecule has 1 atom stereocenters. The van der Waals surface area contributed by atoms with Crippen LogP contribution >= 0.6 is 23.5 Å². The van der Waals surface area contributed by atoms with Gasteiger partial charge in [-0.05, 0) is 66.6 Å². The minimum Gasteiger partial charge on any atom is -0.497 e. The minimum absolute atomic E-state index is 0.153. The van der Waals surface area contributed by atoms with Gasteiger partial charge in [0.15, 0.2) is 22.1 Å². The molecule has 1 aliphatic rings. The number of anilines is 1. The molecule has 1 saturated heterocycles. The Morgan fingerprint density at radius 3 is 2.82 bits per heavy atom. The third kappa shape index (κ3) is 5.44. The first-order chi connectivity index (χ1) is 16.5. The van der Waals surface area contributed by atoms with Gasteiger partial charge in [-0.1, -0.05) is 0 Å². The summed E-state index contributed by atoms with van der Waals surface area (Å²) < 4.78 is 12.9. The van der Waals surface area contributed by atoms with Crippen molar-refractivity contribution in [2.75, 3.05) is 31.5 Å². The predicted octanol–water partition coefficient (Wildman–Crippen LogP) is 3.75. The van der Waals surface area contributed by atoms with Gasteiger partial charge in [-0.2, -0.15) is 11.8 Å². The van der Waals surface area contributed by atoms with Crippen LogP contribution in [0.15, 0.2) is 34.6 Å². The molecule has 34 heavy (non-hydrogen) atoms. The van der Waals surface area contributed by atoms with Gasteiger partial charge >= 0.3 is 6.09 Å². The number of aromatic nitrogens is 4. The highest BCUT2D eigenvalue weighted by molar-refractivity contribution is 7.99. The van der Waals surface area contributed by atoms with Crippen molar-refractivity contribution in [3.8, 4) is 11.5 Å². The van der Waals surface area contributed by atoms with E-state index in [9.17, 15) is 9.90 Å². The summed E-state index contributed by atoms with van der Waals surface area (Å²) in [5, 5.41) is 12.8. The number of carbonyl (C=O) groups is 1. The summed E-state index contributed by atoms with van der Waals surface area (Å²) >= 11 is 3.33. The summed E-state index contributed by atoms with van der Waals surface area (Å²) in [5.41, 5.74) is 7.23. The van der Waals surface area contributed by atoms with Gasteiger partial charge in [0.05, 0.1) is 19.1 Å². The SMILES string of the molecule is COc1ccc(OC)c(Sc2nc3c(N)ncnc3n2CCC(NC(=O)O)C2CCSCC2)c1. The number of hydrogen-bond acceptors (Lipinski definition) is 9. The molecule has 2 aromatic heterocycles. The molecule has 0 radical (unpaired) electrons. The molecule has 3 heterocycles. The molecular formula is C22H28N6O4S2. The summed E-state index contributed by atoms with van der Waals surface area (Å²) in [6.45, 7) is 0.524. The zero-order valence-corrected chi connectivity index (χ0v) is 20.7. The van der Waals surface area contributed by atoms with E-state index in [1.807, 2.05) is 34.5 Å². The number of aryl methyl sites for hydroxylation is 1. The number of benzene rings is 1. The number of amides is 1. The van der Waals surface area contributed by atoms with E-state index in [1.165, 1.54) is 18.1 Å². The normalized spacial score (nSPS) is 15.2. The fourth-order valence-corrected chi connectivity index (χ4v) is 6.34. The molecule has 3 aromatic rings. The summed E-state index contributed by atoms with van der Waals surface area (Å²) in [7, 11) is 3.23. The Hall–Kier alpha value is -2.86. The summed E-state index contributed by atoms with van der Waals surface area (Å²) in [6.07, 6.45) is 3.03. The number of nitrogens with one attached hydrogen (secondary N) is 1. The lowest BCUT2D eigenvalue weighted by Gasteiger charge is -2.30. The lowest BCUT2D eigenvalue weighted by molar-refractivity contribution is 0.180. The molecule has 4 rings (SSSR count). The van der Waals surface area contributed by atoms with Gasteiger partial charge in [0.25, 0.3) is 0 Å². The highest BCUT2D eigenvalue weighted by Crippen LogP contribution is 2.38. The van der Waals surface area contributed by atoms with E-state index < -0.39 is 6.09 Å². The van der Waals surface area contributed by atoms with E-state index in [2.05, 4.69) is 15.3 Å². The van der Waals surface area contributed by atoms with Crippen LogP contribution in [0.4, 0.5) is 10.6 Å². The molecular weight excluding hydrogens is 476 g/mol. The number of nitrogens with two attached hydrogens (primary N) is 1. The number of carboxylic acid groups (broad SMARTS) is 1. The predicted molar refractivity (Wildman–Crippen MR) is 133 cm³/mol. The van der Waals surface area contributed by atoms with Crippen molar-refractivity contribution in [2.24, 2.45) is 5.92 Å². The number of thioether (sulfide) groups is 1. The number of ether oxygens (including phenoxy) is 2. The quantitative estimate of drug-likeness (QED) is 0.395. The van der Waals surface area contributed by atoms with Crippen LogP contribution in [0, 0.1) is 5.92 Å². The first-order valence-corrected chi connectivity index (χ1v) is 12.9. The number of rotatable bonds is 9. The maximum atomic E-state index is 11.5. The standard InChI is InChI=1S/C22H28N6O4S2/c1-31-14-3-4-16(32-2)17(11-14)34-21-27-18-19(23)24-12-25-20(18)28(21)8-5-15(26-22(29)30)13-6-9-33-10-7-13/h3-4,11-13,15,26H,5-10H2,1-2H3,(H,29,30)(H2,23,24,25). The van der Waals surface area contributed by atoms with Crippen LogP contribution in [0.2, 0.25) is 0 Å². The molecule has 1 fully saturated rings. The van der Waals surface area contributed by atoms with Crippen molar-refractivity contribution in [2.45, 2.75) is 41.9 Å². The number of methoxy groups -OCH3 is 2. The van der Waals surface area contributed by atoms with Crippen molar-refractivity contribution in [3.05, 3.63) is 24.5 Å². The van der Waals surface area contributed by atoms with Gasteiger partial charge < -0.3 is 30.2 Å². The maximum Gasteiger partial charge on any atom is 0.404 e. The zero-order valence-electron chi connectivity index (χ0n) is 19.1. The second kappa shape index (κ2) is 11.0. The van der Waals surface area contributed by atoms with E-state index in [-0.39, 0.29) is 6.04 Å².